The monoisotopic (exact) mass is 349 g/mol. The third kappa shape index (κ3) is 4.00. The van der Waals surface area contributed by atoms with E-state index < -0.39 is 0 Å². The van der Waals surface area contributed by atoms with Gasteiger partial charge in [-0.25, -0.2) is 4.98 Å². The van der Waals surface area contributed by atoms with Crippen LogP contribution in [0.5, 0.6) is 0 Å². The molecule has 2 aromatic heterocycles. The van der Waals surface area contributed by atoms with Crippen LogP contribution in [-0.2, 0) is 11.3 Å². The lowest BCUT2D eigenvalue weighted by atomic mass is 10.2. The SMILES string of the molecule is CCOC(C)c1nc(CN2CCN(C(=O)c3ccn[nH]3)CC2)cs1. The minimum Gasteiger partial charge on any atom is -0.372 e. The first-order valence-electron chi connectivity index (χ1n) is 8.24. The summed E-state index contributed by atoms with van der Waals surface area (Å²) in [6.07, 6.45) is 1.66. The lowest BCUT2D eigenvalue weighted by molar-refractivity contribution is 0.0619. The minimum atomic E-state index is 0.0219. The number of carbonyl (C=O) groups is 1. The molecule has 3 heterocycles. The van der Waals surface area contributed by atoms with Crippen molar-refractivity contribution in [3.63, 3.8) is 0 Å². The number of nitrogens with zero attached hydrogens (tertiary/aromatic N) is 4. The van der Waals surface area contributed by atoms with E-state index in [0.717, 1.165) is 43.4 Å². The number of amides is 1. The fraction of sp³-hybridized carbons (Fsp3) is 0.562. The number of thiazole rings is 1. The predicted octanol–water partition coefficient (Wildman–Crippen LogP) is 1.92. The molecule has 2 aromatic rings. The number of rotatable bonds is 6. The highest BCUT2D eigenvalue weighted by Crippen LogP contribution is 2.22. The molecule has 8 heteroatoms. The van der Waals surface area contributed by atoms with E-state index in [1.54, 1.807) is 23.6 Å². The lowest BCUT2D eigenvalue weighted by Crippen LogP contribution is -2.48. The van der Waals surface area contributed by atoms with Crippen molar-refractivity contribution in [2.75, 3.05) is 32.8 Å². The average molecular weight is 349 g/mol. The molecule has 1 atom stereocenters. The van der Waals surface area contributed by atoms with Crippen LogP contribution < -0.4 is 0 Å². The van der Waals surface area contributed by atoms with E-state index in [9.17, 15) is 4.79 Å². The second-order valence-corrected chi connectivity index (χ2v) is 6.70. The van der Waals surface area contributed by atoms with Crippen molar-refractivity contribution < 1.29 is 9.53 Å². The summed E-state index contributed by atoms with van der Waals surface area (Å²) in [7, 11) is 0. The Balaban J connectivity index is 1.50. The summed E-state index contributed by atoms with van der Waals surface area (Å²) in [4.78, 5) is 21.2. The van der Waals surface area contributed by atoms with Gasteiger partial charge in [-0.1, -0.05) is 0 Å². The summed E-state index contributed by atoms with van der Waals surface area (Å²) in [5, 5.41) is 9.70. The summed E-state index contributed by atoms with van der Waals surface area (Å²) < 4.78 is 5.59. The summed E-state index contributed by atoms with van der Waals surface area (Å²) >= 11 is 1.65. The number of H-pyrrole nitrogens is 1. The molecule has 1 aliphatic heterocycles. The van der Waals surface area contributed by atoms with Gasteiger partial charge in [0.25, 0.3) is 5.91 Å². The van der Waals surface area contributed by atoms with Crippen molar-refractivity contribution in [1.82, 2.24) is 25.0 Å². The number of ether oxygens (including phenoxy) is 1. The molecule has 1 saturated heterocycles. The Bertz CT molecular complexity index is 649. The second-order valence-electron chi connectivity index (χ2n) is 5.81. The van der Waals surface area contributed by atoms with Crippen LogP contribution in [0.4, 0.5) is 0 Å². The highest BCUT2D eigenvalue weighted by Gasteiger charge is 2.23. The van der Waals surface area contributed by atoms with Crippen LogP contribution in [0.15, 0.2) is 17.6 Å². The van der Waals surface area contributed by atoms with Crippen molar-refractivity contribution >= 4 is 17.2 Å². The molecule has 0 saturated carbocycles. The molecule has 7 nitrogen and oxygen atoms in total. The van der Waals surface area contributed by atoms with Gasteiger partial charge in [-0.15, -0.1) is 11.3 Å². The first-order chi connectivity index (χ1) is 11.7. The molecular weight excluding hydrogens is 326 g/mol. The third-order valence-electron chi connectivity index (χ3n) is 4.11. The van der Waals surface area contributed by atoms with Crippen molar-refractivity contribution in [2.24, 2.45) is 0 Å². The Morgan fingerprint density at radius 2 is 2.21 bits per heavy atom. The van der Waals surface area contributed by atoms with Gasteiger partial charge in [-0.2, -0.15) is 5.10 Å². The largest absolute Gasteiger partial charge is 0.372 e. The number of hydrogen-bond donors (Lipinski definition) is 1. The van der Waals surface area contributed by atoms with E-state index in [-0.39, 0.29) is 12.0 Å². The van der Waals surface area contributed by atoms with E-state index in [4.69, 9.17) is 4.74 Å². The summed E-state index contributed by atoms with van der Waals surface area (Å²) in [5.41, 5.74) is 1.63. The molecule has 1 amide bonds. The van der Waals surface area contributed by atoms with Crippen molar-refractivity contribution in [2.45, 2.75) is 26.5 Å². The number of nitrogens with one attached hydrogen (secondary N) is 1. The molecule has 0 spiro atoms. The zero-order valence-electron chi connectivity index (χ0n) is 14.1. The van der Waals surface area contributed by atoms with Gasteiger partial charge >= 0.3 is 0 Å². The number of carbonyl (C=O) groups excluding carboxylic acids is 1. The molecular formula is C16H23N5O2S. The molecule has 1 unspecified atom stereocenters. The molecule has 3 rings (SSSR count). The molecule has 24 heavy (non-hydrogen) atoms. The van der Waals surface area contributed by atoms with Crippen LogP contribution in [0, 0.1) is 0 Å². The number of aromatic nitrogens is 3. The molecule has 1 aliphatic rings. The van der Waals surface area contributed by atoms with Crippen LogP contribution in [0.1, 0.15) is 41.1 Å². The van der Waals surface area contributed by atoms with Crippen LogP contribution in [0.25, 0.3) is 0 Å². The fourth-order valence-electron chi connectivity index (χ4n) is 2.79. The quantitative estimate of drug-likeness (QED) is 0.862. The normalized spacial score (nSPS) is 17.2. The van der Waals surface area contributed by atoms with Crippen molar-refractivity contribution in [3.05, 3.63) is 34.0 Å². The lowest BCUT2D eigenvalue weighted by Gasteiger charge is -2.34. The molecule has 0 bridgehead atoms. The predicted molar refractivity (Wildman–Crippen MR) is 91.9 cm³/mol. The summed E-state index contributed by atoms with van der Waals surface area (Å²) in [6.45, 7) is 8.71. The van der Waals surface area contributed by atoms with Gasteiger partial charge in [0.2, 0.25) is 0 Å². The van der Waals surface area contributed by atoms with Gasteiger partial charge < -0.3 is 9.64 Å². The maximum absolute atomic E-state index is 12.3. The molecule has 0 radical (unpaired) electrons. The standard InChI is InChI=1S/C16H23N5O2S/c1-3-23-12(2)15-18-13(11-24-15)10-20-6-8-21(9-7-20)16(22)14-4-5-17-19-14/h4-5,11-12H,3,6-10H2,1-2H3,(H,17,19). The smallest absolute Gasteiger partial charge is 0.271 e. The van der Waals surface area contributed by atoms with E-state index >= 15 is 0 Å². The van der Waals surface area contributed by atoms with Crippen LogP contribution in [-0.4, -0.2) is 63.7 Å². The minimum absolute atomic E-state index is 0.0219. The third-order valence-corrected chi connectivity index (χ3v) is 5.16. The fourth-order valence-corrected chi connectivity index (χ4v) is 3.60. The van der Waals surface area contributed by atoms with Crippen LogP contribution >= 0.6 is 11.3 Å². The average Bonchev–Trinajstić information content (AvgIpc) is 3.27. The molecule has 130 valence electrons. The summed E-state index contributed by atoms with van der Waals surface area (Å²) in [5.74, 6) is 0.0219. The topological polar surface area (TPSA) is 74.3 Å². The highest BCUT2D eigenvalue weighted by molar-refractivity contribution is 7.09. The van der Waals surface area contributed by atoms with E-state index in [0.29, 0.717) is 12.3 Å². The number of aromatic amines is 1. The van der Waals surface area contributed by atoms with Gasteiger partial charge in [-0.05, 0) is 19.9 Å². The van der Waals surface area contributed by atoms with E-state index in [2.05, 4.69) is 25.5 Å². The van der Waals surface area contributed by atoms with Crippen LogP contribution in [0.2, 0.25) is 0 Å². The highest BCUT2D eigenvalue weighted by atomic mass is 32.1. The maximum atomic E-state index is 12.3. The summed E-state index contributed by atoms with van der Waals surface area (Å²) in [6, 6.07) is 1.71. The molecule has 0 aromatic carbocycles. The first kappa shape index (κ1) is 17.1. The Morgan fingerprint density at radius 1 is 1.42 bits per heavy atom. The number of hydrogen-bond acceptors (Lipinski definition) is 6. The first-order valence-corrected chi connectivity index (χ1v) is 9.12. The van der Waals surface area contributed by atoms with E-state index in [1.165, 1.54) is 0 Å². The van der Waals surface area contributed by atoms with Gasteiger partial charge in [0.15, 0.2) is 0 Å². The van der Waals surface area contributed by atoms with Crippen molar-refractivity contribution in [1.29, 1.82) is 0 Å². The van der Waals surface area contributed by atoms with Crippen LogP contribution in [0.3, 0.4) is 0 Å². The van der Waals surface area contributed by atoms with Crippen molar-refractivity contribution in [3.8, 4) is 0 Å². The Labute approximate surface area is 145 Å². The Kier molecular flexibility index (Phi) is 5.60. The molecule has 0 aliphatic carbocycles. The zero-order valence-corrected chi connectivity index (χ0v) is 14.9. The molecule has 1 fully saturated rings. The van der Waals surface area contributed by atoms with Gasteiger partial charge in [0, 0.05) is 50.9 Å². The van der Waals surface area contributed by atoms with Gasteiger partial charge in [0.1, 0.15) is 16.8 Å². The molecule has 1 N–H and O–H groups in total. The van der Waals surface area contributed by atoms with Gasteiger partial charge in [-0.3, -0.25) is 14.8 Å². The zero-order chi connectivity index (χ0) is 16.9. The van der Waals surface area contributed by atoms with Gasteiger partial charge in [0.05, 0.1) is 5.69 Å². The second kappa shape index (κ2) is 7.87. The Morgan fingerprint density at radius 3 is 2.88 bits per heavy atom. The number of piperazine rings is 1. The van der Waals surface area contributed by atoms with E-state index in [1.807, 2.05) is 18.7 Å². The Hall–Kier alpha value is -1.77. The maximum Gasteiger partial charge on any atom is 0.271 e.